The van der Waals surface area contributed by atoms with Gasteiger partial charge in [0, 0.05) is 17.4 Å². The van der Waals surface area contributed by atoms with Crippen LogP contribution in [-0.2, 0) is 4.79 Å². The van der Waals surface area contributed by atoms with Crippen molar-refractivity contribution >= 4 is 23.4 Å². The van der Waals surface area contributed by atoms with Crippen molar-refractivity contribution in [3.63, 3.8) is 0 Å². The van der Waals surface area contributed by atoms with Gasteiger partial charge in [-0.05, 0) is 39.7 Å². The van der Waals surface area contributed by atoms with Gasteiger partial charge < -0.3 is 5.32 Å². The molecular formula is C17H25N5OS. The van der Waals surface area contributed by atoms with E-state index in [0.717, 1.165) is 24.2 Å². The van der Waals surface area contributed by atoms with Gasteiger partial charge in [-0.25, -0.2) is 9.50 Å². The molecule has 0 bridgehead atoms. The number of amides is 1. The number of hydrogen-bond donors (Lipinski definition) is 1. The Morgan fingerprint density at radius 2 is 1.96 bits per heavy atom. The minimum atomic E-state index is -0.216. The number of rotatable bonds is 4. The van der Waals surface area contributed by atoms with Crippen molar-refractivity contribution in [1.29, 1.82) is 0 Å². The van der Waals surface area contributed by atoms with Crippen LogP contribution in [0.5, 0.6) is 0 Å². The van der Waals surface area contributed by atoms with E-state index in [-0.39, 0.29) is 11.2 Å². The van der Waals surface area contributed by atoms with Crippen LogP contribution in [0.2, 0.25) is 0 Å². The van der Waals surface area contributed by atoms with Gasteiger partial charge in [0.15, 0.2) is 0 Å². The number of carbonyl (C=O) groups is 1. The van der Waals surface area contributed by atoms with Crippen molar-refractivity contribution < 1.29 is 4.79 Å². The summed E-state index contributed by atoms with van der Waals surface area (Å²) in [7, 11) is 0. The van der Waals surface area contributed by atoms with Gasteiger partial charge in [-0.2, -0.15) is 4.98 Å². The van der Waals surface area contributed by atoms with Gasteiger partial charge in [-0.3, -0.25) is 4.79 Å². The maximum Gasteiger partial charge on any atom is 0.253 e. The third-order valence-corrected chi connectivity index (χ3v) is 5.40. The predicted octanol–water partition coefficient (Wildman–Crippen LogP) is 3.06. The number of aryl methyl sites for hydroxylation is 2. The minimum absolute atomic E-state index is 0.0756. The largest absolute Gasteiger partial charge is 0.352 e. The maximum absolute atomic E-state index is 12.5. The highest BCUT2D eigenvalue weighted by Gasteiger charge is 2.21. The summed E-state index contributed by atoms with van der Waals surface area (Å²) in [6.07, 6.45) is 7.19. The summed E-state index contributed by atoms with van der Waals surface area (Å²) in [6, 6.07) is 2.29. The molecule has 1 aliphatic rings. The van der Waals surface area contributed by atoms with E-state index in [1.165, 1.54) is 37.4 Å². The second kappa shape index (κ2) is 7.51. The van der Waals surface area contributed by atoms with E-state index in [9.17, 15) is 4.79 Å². The van der Waals surface area contributed by atoms with Gasteiger partial charge in [-0.1, -0.05) is 37.4 Å². The second-order valence-corrected chi connectivity index (χ2v) is 7.91. The van der Waals surface area contributed by atoms with Gasteiger partial charge in [0.25, 0.3) is 5.78 Å². The fraction of sp³-hybridized carbons (Fsp3) is 0.647. The summed E-state index contributed by atoms with van der Waals surface area (Å²) < 4.78 is 1.73. The fourth-order valence-electron chi connectivity index (χ4n) is 3.15. The Morgan fingerprint density at radius 3 is 2.67 bits per heavy atom. The van der Waals surface area contributed by atoms with Crippen LogP contribution in [0.4, 0.5) is 0 Å². The highest BCUT2D eigenvalue weighted by Crippen LogP contribution is 2.22. The number of aromatic nitrogens is 4. The average Bonchev–Trinajstić information content (AvgIpc) is 2.75. The molecule has 0 aliphatic heterocycles. The zero-order valence-corrected chi connectivity index (χ0v) is 15.4. The highest BCUT2D eigenvalue weighted by molar-refractivity contribution is 8.00. The molecule has 1 amide bonds. The maximum atomic E-state index is 12.5. The molecule has 1 saturated carbocycles. The third-order valence-electron chi connectivity index (χ3n) is 4.45. The van der Waals surface area contributed by atoms with Gasteiger partial charge in [0.2, 0.25) is 11.1 Å². The lowest BCUT2D eigenvalue weighted by atomic mass is 10.1. The van der Waals surface area contributed by atoms with Crippen molar-refractivity contribution in [1.82, 2.24) is 24.9 Å². The smallest absolute Gasteiger partial charge is 0.253 e. The van der Waals surface area contributed by atoms with E-state index in [1.807, 2.05) is 26.8 Å². The molecule has 0 aromatic carbocycles. The number of carbonyl (C=O) groups excluding carboxylic acids is 1. The Balaban J connectivity index is 1.64. The molecule has 1 N–H and O–H groups in total. The van der Waals surface area contributed by atoms with Crippen molar-refractivity contribution in [3.05, 3.63) is 17.5 Å². The van der Waals surface area contributed by atoms with E-state index in [2.05, 4.69) is 20.4 Å². The monoisotopic (exact) mass is 347 g/mol. The molecule has 6 nitrogen and oxygen atoms in total. The Morgan fingerprint density at radius 1 is 1.25 bits per heavy atom. The quantitative estimate of drug-likeness (QED) is 0.680. The first-order valence-corrected chi connectivity index (χ1v) is 9.59. The van der Waals surface area contributed by atoms with Gasteiger partial charge in [0.1, 0.15) is 0 Å². The first-order chi connectivity index (χ1) is 11.5. The predicted molar refractivity (Wildman–Crippen MR) is 95.2 cm³/mol. The van der Waals surface area contributed by atoms with Crippen LogP contribution in [0, 0.1) is 13.8 Å². The number of hydrogen-bond acceptors (Lipinski definition) is 5. The molecule has 2 heterocycles. The molecule has 130 valence electrons. The standard InChI is InChI=1S/C17H25N5OS/c1-11-10-12(2)22-16(18-11)20-17(21-22)24-13(3)15(23)19-14-8-6-4-5-7-9-14/h10,13-14H,4-9H2,1-3H3,(H,19,23). The molecule has 0 spiro atoms. The molecule has 1 aliphatic carbocycles. The van der Waals surface area contributed by atoms with Crippen LogP contribution in [-0.4, -0.2) is 36.8 Å². The van der Waals surface area contributed by atoms with E-state index < -0.39 is 0 Å². The summed E-state index contributed by atoms with van der Waals surface area (Å²) in [6.45, 7) is 5.83. The normalized spacial score (nSPS) is 17.6. The molecular weight excluding hydrogens is 322 g/mol. The number of nitrogens with one attached hydrogen (secondary N) is 1. The van der Waals surface area contributed by atoms with Crippen LogP contribution >= 0.6 is 11.8 Å². The van der Waals surface area contributed by atoms with Crippen molar-refractivity contribution in [2.75, 3.05) is 0 Å². The van der Waals surface area contributed by atoms with E-state index in [0.29, 0.717) is 17.0 Å². The summed E-state index contributed by atoms with van der Waals surface area (Å²) >= 11 is 1.39. The first kappa shape index (κ1) is 17.2. The number of fused-ring (bicyclic) bond motifs is 1. The molecule has 1 unspecified atom stereocenters. The topological polar surface area (TPSA) is 72.2 Å². The van der Waals surface area contributed by atoms with Crippen LogP contribution in [0.25, 0.3) is 5.78 Å². The molecule has 2 aromatic rings. The van der Waals surface area contributed by atoms with Gasteiger partial charge in [0.05, 0.1) is 5.25 Å². The van der Waals surface area contributed by atoms with Crippen LogP contribution in [0.1, 0.15) is 56.8 Å². The van der Waals surface area contributed by atoms with Crippen LogP contribution in [0.15, 0.2) is 11.2 Å². The average molecular weight is 347 g/mol. The molecule has 1 fully saturated rings. The summed E-state index contributed by atoms with van der Waals surface area (Å²) in [5.41, 5.74) is 1.91. The molecule has 0 saturated heterocycles. The first-order valence-electron chi connectivity index (χ1n) is 8.71. The van der Waals surface area contributed by atoms with Gasteiger partial charge in [-0.15, -0.1) is 5.10 Å². The van der Waals surface area contributed by atoms with Crippen molar-refractivity contribution in [3.8, 4) is 0 Å². The Labute approximate surface area is 146 Å². The number of thioether (sulfide) groups is 1. The fourth-order valence-corrected chi connectivity index (χ4v) is 3.91. The van der Waals surface area contributed by atoms with Crippen molar-refractivity contribution in [2.45, 2.75) is 75.7 Å². The second-order valence-electron chi connectivity index (χ2n) is 6.60. The molecule has 24 heavy (non-hydrogen) atoms. The Hall–Kier alpha value is -1.63. The summed E-state index contributed by atoms with van der Waals surface area (Å²) in [5, 5.41) is 8.04. The van der Waals surface area contributed by atoms with E-state index in [4.69, 9.17) is 0 Å². The van der Waals surface area contributed by atoms with Gasteiger partial charge >= 0.3 is 0 Å². The van der Waals surface area contributed by atoms with Crippen molar-refractivity contribution in [2.24, 2.45) is 0 Å². The van der Waals surface area contributed by atoms with E-state index >= 15 is 0 Å². The highest BCUT2D eigenvalue weighted by atomic mass is 32.2. The zero-order chi connectivity index (χ0) is 17.1. The van der Waals surface area contributed by atoms with E-state index in [1.54, 1.807) is 4.52 Å². The Bertz CT molecular complexity index is 721. The molecule has 2 aromatic heterocycles. The molecule has 0 radical (unpaired) electrons. The molecule has 7 heteroatoms. The SMILES string of the molecule is Cc1cc(C)n2nc(SC(C)C(=O)NC3CCCCCC3)nc2n1. The molecule has 3 rings (SSSR count). The lowest BCUT2D eigenvalue weighted by Gasteiger charge is -2.18. The van der Waals surface area contributed by atoms with Crippen LogP contribution < -0.4 is 5.32 Å². The number of nitrogens with zero attached hydrogens (tertiary/aromatic N) is 4. The zero-order valence-electron chi connectivity index (χ0n) is 14.6. The lowest BCUT2D eigenvalue weighted by Crippen LogP contribution is -2.39. The lowest BCUT2D eigenvalue weighted by molar-refractivity contribution is -0.121. The summed E-state index contributed by atoms with van der Waals surface area (Å²) in [4.78, 5) is 21.3. The van der Waals surface area contributed by atoms with Crippen LogP contribution in [0.3, 0.4) is 0 Å². The third kappa shape index (κ3) is 4.06. The summed E-state index contributed by atoms with van der Waals surface area (Å²) in [5.74, 6) is 0.665. The molecule has 1 atom stereocenters. The minimum Gasteiger partial charge on any atom is -0.352 e. The Kier molecular flexibility index (Phi) is 5.38.